The quantitative estimate of drug-likeness (QED) is 0.633. The van der Waals surface area contributed by atoms with Crippen LogP contribution >= 0.6 is 0 Å². The molecule has 0 amide bonds. The van der Waals surface area contributed by atoms with Crippen molar-refractivity contribution in [2.45, 2.75) is 25.5 Å². The third-order valence-electron chi connectivity index (χ3n) is 2.26. The summed E-state index contributed by atoms with van der Waals surface area (Å²) in [5.74, 6) is 0. The van der Waals surface area contributed by atoms with Gasteiger partial charge in [0, 0.05) is 26.2 Å². The Kier molecular flexibility index (Phi) is 3.30. The maximum Gasteiger partial charge on any atom is 0.0682 e. The predicted molar refractivity (Wildman–Crippen MR) is 43.5 cm³/mol. The van der Waals surface area contributed by atoms with E-state index in [9.17, 15) is 5.11 Å². The Hall–Kier alpha value is -0.120. The third kappa shape index (κ3) is 2.43. The van der Waals surface area contributed by atoms with Crippen LogP contribution < -0.4 is 0 Å². The van der Waals surface area contributed by atoms with Gasteiger partial charge in [-0.05, 0) is 13.3 Å². The lowest BCUT2D eigenvalue weighted by atomic mass is 10.2. The Morgan fingerprint density at radius 2 is 2.36 bits per heavy atom. The van der Waals surface area contributed by atoms with Gasteiger partial charge in [0.05, 0.1) is 12.7 Å². The van der Waals surface area contributed by atoms with Gasteiger partial charge in [-0.15, -0.1) is 0 Å². The van der Waals surface area contributed by atoms with Gasteiger partial charge in [0.15, 0.2) is 0 Å². The first-order chi connectivity index (χ1) is 5.24. The highest BCUT2D eigenvalue weighted by Crippen LogP contribution is 2.15. The summed E-state index contributed by atoms with van der Waals surface area (Å²) in [6.07, 6.45) is 0.783. The van der Waals surface area contributed by atoms with E-state index in [1.165, 1.54) is 0 Å². The van der Waals surface area contributed by atoms with Crippen LogP contribution in [0, 0.1) is 0 Å². The fourth-order valence-corrected chi connectivity index (χ4v) is 1.59. The zero-order chi connectivity index (χ0) is 8.27. The van der Waals surface area contributed by atoms with E-state index in [1.54, 1.807) is 7.11 Å². The van der Waals surface area contributed by atoms with Crippen LogP contribution in [0.4, 0.5) is 0 Å². The normalized spacial score (nSPS) is 33.0. The summed E-state index contributed by atoms with van der Waals surface area (Å²) in [5, 5.41) is 9.29. The molecule has 0 aliphatic carbocycles. The second-order valence-corrected chi connectivity index (χ2v) is 3.23. The monoisotopic (exact) mass is 159 g/mol. The molecule has 1 N–H and O–H groups in total. The van der Waals surface area contributed by atoms with Crippen LogP contribution in [0.3, 0.4) is 0 Å². The zero-order valence-electron chi connectivity index (χ0n) is 7.29. The Bertz CT molecular complexity index is 119. The number of ether oxygens (including phenoxy) is 1. The molecule has 1 saturated heterocycles. The third-order valence-corrected chi connectivity index (χ3v) is 2.26. The smallest absolute Gasteiger partial charge is 0.0682 e. The van der Waals surface area contributed by atoms with Crippen molar-refractivity contribution in [1.82, 2.24) is 4.90 Å². The molecule has 1 fully saturated rings. The van der Waals surface area contributed by atoms with Crippen LogP contribution in [0.25, 0.3) is 0 Å². The van der Waals surface area contributed by atoms with E-state index in [1.807, 2.05) is 0 Å². The van der Waals surface area contributed by atoms with Crippen molar-refractivity contribution in [3.05, 3.63) is 0 Å². The van der Waals surface area contributed by atoms with Gasteiger partial charge >= 0.3 is 0 Å². The molecule has 1 aliphatic heterocycles. The maximum atomic E-state index is 9.29. The maximum absolute atomic E-state index is 9.29. The first-order valence-corrected chi connectivity index (χ1v) is 4.15. The lowest BCUT2D eigenvalue weighted by Gasteiger charge is -2.19. The number of aliphatic hydroxyl groups is 1. The summed E-state index contributed by atoms with van der Waals surface area (Å²) >= 11 is 0. The fourth-order valence-electron chi connectivity index (χ4n) is 1.59. The molecular formula is C8H17NO2. The SMILES string of the molecule is COCCN1C[C@@H](O)C[C@H]1C. The van der Waals surface area contributed by atoms with Crippen LogP contribution in [0.15, 0.2) is 0 Å². The van der Waals surface area contributed by atoms with E-state index in [2.05, 4.69) is 11.8 Å². The number of likely N-dealkylation sites (tertiary alicyclic amines) is 1. The molecule has 0 aromatic carbocycles. The average molecular weight is 159 g/mol. The minimum atomic E-state index is -0.123. The zero-order valence-corrected chi connectivity index (χ0v) is 7.29. The van der Waals surface area contributed by atoms with Crippen molar-refractivity contribution >= 4 is 0 Å². The Labute approximate surface area is 68.0 Å². The molecule has 3 nitrogen and oxygen atoms in total. The summed E-state index contributed by atoms with van der Waals surface area (Å²) < 4.78 is 4.96. The van der Waals surface area contributed by atoms with Gasteiger partial charge in [0.1, 0.15) is 0 Å². The van der Waals surface area contributed by atoms with E-state index in [0.29, 0.717) is 6.04 Å². The largest absolute Gasteiger partial charge is 0.392 e. The van der Waals surface area contributed by atoms with Gasteiger partial charge in [-0.2, -0.15) is 0 Å². The van der Waals surface area contributed by atoms with Crippen LogP contribution in [0.5, 0.6) is 0 Å². The number of β-amino-alcohol motifs (C(OH)–C–C–N with tert-alkyl or cyclic N) is 1. The summed E-state index contributed by atoms with van der Waals surface area (Å²) in [6.45, 7) is 4.65. The number of hydrogen-bond donors (Lipinski definition) is 1. The Morgan fingerprint density at radius 3 is 2.82 bits per heavy atom. The highest BCUT2D eigenvalue weighted by molar-refractivity contribution is 4.81. The van der Waals surface area contributed by atoms with Gasteiger partial charge in [-0.1, -0.05) is 0 Å². The number of nitrogens with zero attached hydrogens (tertiary/aromatic N) is 1. The van der Waals surface area contributed by atoms with Crippen molar-refractivity contribution < 1.29 is 9.84 Å². The van der Waals surface area contributed by atoms with Crippen molar-refractivity contribution in [3.8, 4) is 0 Å². The molecule has 2 atom stereocenters. The Morgan fingerprint density at radius 1 is 1.64 bits per heavy atom. The van der Waals surface area contributed by atoms with Crippen molar-refractivity contribution in [1.29, 1.82) is 0 Å². The molecule has 0 aromatic rings. The van der Waals surface area contributed by atoms with Crippen LogP contribution in [-0.2, 0) is 4.74 Å². The van der Waals surface area contributed by atoms with Crippen molar-refractivity contribution in [3.63, 3.8) is 0 Å². The number of hydrogen-bond acceptors (Lipinski definition) is 3. The van der Waals surface area contributed by atoms with Gasteiger partial charge < -0.3 is 9.84 Å². The van der Waals surface area contributed by atoms with E-state index in [4.69, 9.17) is 4.74 Å². The van der Waals surface area contributed by atoms with Gasteiger partial charge in [0.25, 0.3) is 0 Å². The van der Waals surface area contributed by atoms with Gasteiger partial charge in [0.2, 0.25) is 0 Å². The van der Waals surface area contributed by atoms with Crippen LogP contribution in [0.2, 0.25) is 0 Å². The molecule has 1 aliphatic rings. The lowest BCUT2D eigenvalue weighted by Crippen LogP contribution is -2.30. The minimum absolute atomic E-state index is 0.123. The lowest BCUT2D eigenvalue weighted by molar-refractivity contribution is 0.132. The number of aliphatic hydroxyl groups excluding tert-OH is 1. The van der Waals surface area contributed by atoms with Crippen molar-refractivity contribution in [2.75, 3.05) is 26.8 Å². The molecule has 0 unspecified atom stereocenters. The number of rotatable bonds is 3. The molecule has 0 spiro atoms. The fraction of sp³-hybridized carbons (Fsp3) is 1.00. The summed E-state index contributed by atoms with van der Waals surface area (Å²) in [5.41, 5.74) is 0. The highest BCUT2D eigenvalue weighted by Gasteiger charge is 2.26. The minimum Gasteiger partial charge on any atom is -0.392 e. The molecule has 0 radical (unpaired) electrons. The molecule has 0 saturated carbocycles. The first kappa shape index (κ1) is 8.97. The highest BCUT2D eigenvalue weighted by atomic mass is 16.5. The molecule has 11 heavy (non-hydrogen) atoms. The molecule has 1 rings (SSSR count). The van der Waals surface area contributed by atoms with Crippen LogP contribution in [0.1, 0.15) is 13.3 Å². The second kappa shape index (κ2) is 4.04. The first-order valence-electron chi connectivity index (χ1n) is 4.15. The summed E-state index contributed by atoms with van der Waals surface area (Å²) in [6, 6.07) is 0.514. The summed E-state index contributed by atoms with van der Waals surface area (Å²) in [4.78, 5) is 2.26. The molecular weight excluding hydrogens is 142 g/mol. The van der Waals surface area contributed by atoms with Crippen LogP contribution in [-0.4, -0.2) is 49.0 Å². The standard InChI is InChI=1S/C8H17NO2/c1-7-5-8(10)6-9(7)3-4-11-2/h7-8,10H,3-6H2,1-2H3/t7-,8+/m1/s1. The summed E-state index contributed by atoms with van der Waals surface area (Å²) in [7, 11) is 1.71. The van der Waals surface area contributed by atoms with E-state index in [0.717, 1.165) is 26.1 Å². The molecule has 3 heteroatoms. The second-order valence-electron chi connectivity index (χ2n) is 3.23. The predicted octanol–water partition coefficient (Wildman–Crippen LogP) is 0.0879. The topological polar surface area (TPSA) is 32.7 Å². The van der Waals surface area contributed by atoms with E-state index >= 15 is 0 Å². The average Bonchev–Trinajstić information content (AvgIpc) is 2.26. The molecule has 66 valence electrons. The van der Waals surface area contributed by atoms with Gasteiger partial charge in [-0.3, -0.25) is 4.90 Å². The van der Waals surface area contributed by atoms with Gasteiger partial charge in [-0.25, -0.2) is 0 Å². The van der Waals surface area contributed by atoms with E-state index < -0.39 is 0 Å². The molecule has 0 bridgehead atoms. The van der Waals surface area contributed by atoms with Crippen molar-refractivity contribution in [2.24, 2.45) is 0 Å². The van der Waals surface area contributed by atoms with E-state index in [-0.39, 0.29) is 6.10 Å². The molecule has 0 aromatic heterocycles. The molecule has 1 heterocycles. The Balaban J connectivity index is 2.23. The number of methoxy groups -OCH3 is 1.